The second kappa shape index (κ2) is 5.78. The standard InChI is InChI=1S/C13H10BrClFNO/c14-9-1-4-12(17-7-9)13(18)6-8-5-10(16)2-3-11(8)15/h1-5,7,13,18H,6H2. The van der Waals surface area contributed by atoms with Crippen LogP contribution in [0, 0.1) is 5.82 Å². The van der Waals surface area contributed by atoms with E-state index in [-0.39, 0.29) is 12.2 Å². The molecule has 1 N–H and O–H groups in total. The van der Waals surface area contributed by atoms with E-state index in [9.17, 15) is 9.50 Å². The van der Waals surface area contributed by atoms with Crippen molar-refractivity contribution < 1.29 is 9.50 Å². The van der Waals surface area contributed by atoms with Crippen LogP contribution in [0.2, 0.25) is 5.02 Å². The summed E-state index contributed by atoms with van der Waals surface area (Å²) in [5, 5.41) is 10.5. The minimum atomic E-state index is -0.808. The van der Waals surface area contributed by atoms with Crippen LogP contribution in [0.5, 0.6) is 0 Å². The fourth-order valence-electron chi connectivity index (χ4n) is 1.60. The van der Waals surface area contributed by atoms with Crippen LogP contribution in [0.3, 0.4) is 0 Å². The highest BCUT2D eigenvalue weighted by Gasteiger charge is 2.12. The van der Waals surface area contributed by atoms with E-state index in [1.165, 1.54) is 18.2 Å². The normalized spacial score (nSPS) is 12.4. The molecule has 0 saturated carbocycles. The number of rotatable bonds is 3. The molecule has 1 heterocycles. The molecule has 0 radical (unpaired) electrons. The Morgan fingerprint density at radius 1 is 1.33 bits per heavy atom. The van der Waals surface area contributed by atoms with Gasteiger partial charge < -0.3 is 5.11 Å². The molecule has 0 saturated heterocycles. The summed E-state index contributed by atoms with van der Waals surface area (Å²) < 4.78 is 13.9. The van der Waals surface area contributed by atoms with Gasteiger partial charge in [-0.2, -0.15) is 0 Å². The zero-order chi connectivity index (χ0) is 13.1. The molecule has 2 nitrogen and oxygen atoms in total. The molecule has 0 amide bonds. The molecule has 1 unspecified atom stereocenters. The zero-order valence-corrected chi connectivity index (χ0v) is 11.6. The molecule has 2 aromatic rings. The van der Waals surface area contributed by atoms with Crippen molar-refractivity contribution in [3.8, 4) is 0 Å². The average molecular weight is 331 g/mol. The van der Waals surface area contributed by atoms with E-state index in [1.54, 1.807) is 18.3 Å². The number of halogens is 3. The quantitative estimate of drug-likeness (QED) is 0.925. The molecular formula is C13H10BrClFNO. The molecule has 2 rings (SSSR count). The lowest BCUT2D eigenvalue weighted by Crippen LogP contribution is -2.04. The van der Waals surface area contributed by atoms with Crippen molar-refractivity contribution in [1.29, 1.82) is 0 Å². The van der Waals surface area contributed by atoms with Crippen molar-refractivity contribution in [1.82, 2.24) is 4.98 Å². The van der Waals surface area contributed by atoms with Gasteiger partial charge in [-0.3, -0.25) is 4.98 Å². The van der Waals surface area contributed by atoms with E-state index >= 15 is 0 Å². The predicted molar refractivity (Wildman–Crippen MR) is 72.0 cm³/mol. The highest BCUT2D eigenvalue weighted by atomic mass is 79.9. The number of hydrogen-bond donors (Lipinski definition) is 1. The largest absolute Gasteiger partial charge is 0.386 e. The van der Waals surface area contributed by atoms with Gasteiger partial charge >= 0.3 is 0 Å². The van der Waals surface area contributed by atoms with Crippen molar-refractivity contribution in [3.05, 3.63) is 63.1 Å². The number of benzene rings is 1. The van der Waals surface area contributed by atoms with Crippen LogP contribution in [-0.4, -0.2) is 10.1 Å². The topological polar surface area (TPSA) is 33.1 Å². The summed E-state index contributed by atoms with van der Waals surface area (Å²) in [6.45, 7) is 0. The summed E-state index contributed by atoms with van der Waals surface area (Å²) in [4.78, 5) is 4.09. The molecule has 0 aliphatic carbocycles. The summed E-state index contributed by atoms with van der Waals surface area (Å²) in [6.07, 6.45) is 1.02. The first-order chi connectivity index (χ1) is 8.56. The van der Waals surface area contributed by atoms with Crippen molar-refractivity contribution in [2.75, 3.05) is 0 Å². The van der Waals surface area contributed by atoms with Gasteiger partial charge in [-0.1, -0.05) is 11.6 Å². The molecule has 1 aromatic heterocycles. The van der Waals surface area contributed by atoms with Gasteiger partial charge in [0.1, 0.15) is 5.82 Å². The molecular weight excluding hydrogens is 321 g/mol. The molecule has 5 heteroatoms. The molecule has 18 heavy (non-hydrogen) atoms. The van der Waals surface area contributed by atoms with Gasteiger partial charge in [0.25, 0.3) is 0 Å². The summed E-state index contributed by atoms with van der Waals surface area (Å²) in [7, 11) is 0. The first-order valence-electron chi connectivity index (χ1n) is 5.29. The SMILES string of the molecule is OC(Cc1cc(F)ccc1Cl)c1ccc(Br)cn1. The molecule has 1 atom stereocenters. The highest BCUT2D eigenvalue weighted by molar-refractivity contribution is 9.10. The molecule has 0 spiro atoms. The van der Waals surface area contributed by atoms with E-state index < -0.39 is 6.10 Å². The lowest BCUT2D eigenvalue weighted by atomic mass is 10.1. The third-order valence-electron chi connectivity index (χ3n) is 2.51. The van der Waals surface area contributed by atoms with Crippen molar-refractivity contribution in [2.45, 2.75) is 12.5 Å². The first-order valence-corrected chi connectivity index (χ1v) is 6.47. The molecule has 0 aliphatic rings. The van der Waals surface area contributed by atoms with E-state index in [0.29, 0.717) is 16.3 Å². The van der Waals surface area contributed by atoms with Crippen LogP contribution in [-0.2, 0) is 6.42 Å². The molecule has 1 aromatic carbocycles. The highest BCUT2D eigenvalue weighted by Crippen LogP contribution is 2.24. The second-order valence-corrected chi connectivity index (χ2v) is 5.18. The van der Waals surface area contributed by atoms with Crippen molar-refractivity contribution in [2.24, 2.45) is 0 Å². The Morgan fingerprint density at radius 3 is 2.78 bits per heavy atom. The van der Waals surface area contributed by atoms with E-state index in [2.05, 4.69) is 20.9 Å². The molecule has 0 aliphatic heterocycles. The van der Waals surface area contributed by atoms with Gasteiger partial charge in [-0.15, -0.1) is 0 Å². The number of nitrogens with zero attached hydrogens (tertiary/aromatic N) is 1. The minimum absolute atomic E-state index is 0.227. The van der Waals surface area contributed by atoms with Crippen molar-refractivity contribution in [3.63, 3.8) is 0 Å². The fraction of sp³-hybridized carbons (Fsp3) is 0.154. The maximum Gasteiger partial charge on any atom is 0.123 e. The monoisotopic (exact) mass is 329 g/mol. The lowest BCUT2D eigenvalue weighted by Gasteiger charge is -2.11. The summed E-state index contributed by atoms with van der Waals surface area (Å²) >= 11 is 9.22. The van der Waals surface area contributed by atoms with Crippen LogP contribution in [0.25, 0.3) is 0 Å². The van der Waals surface area contributed by atoms with Gasteiger partial charge in [-0.05, 0) is 51.8 Å². The maximum absolute atomic E-state index is 13.1. The third-order valence-corrected chi connectivity index (χ3v) is 3.35. The van der Waals surface area contributed by atoms with Crippen LogP contribution in [0.4, 0.5) is 4.39 Å². The summed E-state index contributed by atoms with van der Waals surface area (Å²) in [5.41, 5.74) is 1.09. The Morgan fingerprint density at radius 2 is 2.11 bits per heavy atom. The zero-order valence-electron chi connectivity index (χ0n) is 9.28. The molecule has 94 valence electrons. The van der Waals surface area contributed by atoms with Gasteiger partial charge in [0, 0.05) is 22.1 Å². The van der Waals surface area contributed by atoms with E-state index in [1.807, 2.05) is 0 Å². The Hall–Kier alpha value is -0.970. The van der Waals surface area contributed by atoms with Crippen LogP contribution in [0.15, 0.2) is 41.0 Å². The van der Waals surface area contributed by atoms with Gasteiger partial charge in [-0.25, -0.2) is 4.39 Å². The maximum atomic E-state index is 13.1. The summed E-state index contributed by atoms with van der Waals surface area (Å²) in [5.74, 6) is -0.370. The van der Waals surface area contributed by atoms with Crippen LogP contribution in [0.1, 0.15) is 17.4 Å². The number of aliphatic hydroxyl groups is 1. The van der Waals surface area contributed by atoms with Crippen molar-refractivity contribution >= 4 is 27.5 Å². The third kappa shape index (κ3) is 3.28. The summed E-state index contributed by atoms with van der Waals surface area (Å²) in [6, 6.07) is 7.59. The number of pyridine rings is 1. The van der Waals surface area contributed by atoms with Gasteiger partial charge in [0.05, 0.1) is 11.8 Å². The van der Waals surface area contributed by atoms with Crippen LogP contribution < -0.4 is 0 Å². The van der Waals surface area contributed by atoms with Crippen LogP contribution >= 0.6 is 27.5 Å². The Bertz CT molecular complexity index is 547. The molecule has 0 fully saturated rings. The molecule has 0 bridgehead atoms. The Balaban J connectivity index is 2.18. The number of hydrogen-bond acceptors (Lipinski definition) is 2. The average Bonchev–Trinajstić information content (AvgIpc) is 2.34. The Kier molecular flexibility index (Phi) is 4.32. The Labute approximate surface area is 118 Å². The fourth-order valence-corrected chi connectivity index (χ4v) is 2.03. The minimum Gasteiger partial charge on any atom is -0.386 e. The number of aliphatic hydroxyl groups excluding tert-OH is 1. The predicted octanol–water partition coefficient (Wildman–Crippen LogP) is 3.91. The van der Waals surface area contributed by atoms with E-state index in [0.717, 1.165) is 4.47 Å². The number of aromatic nitrogens is 1. The lowest BCUT2D eigenvalue weighted by molar-refractivity contribution is 0.173. The smallest absolute Gasteiger partial charge is 0.123 e. The van der Waals surface area contributed by atoms with Gasteiger partial charge in [0.2, 0.25) is 0 Å². The second-order valence-electron chi connectivity index (χ2n) is 3.86. The van der Waals surface area contributed by atoms with Gasteiger partial charge in [0.15, 0.2) is 0 Å². The first kappa shape index (κ1) is 13.5. The van der Waals surface area contributed by atoms with E-state index in [4.69, 9.17) is 11.6 Å².